The first kappa shape index (κ1) is 22.4. The van der Waals surface area contributed by atoms with Crippen LogP contribution in [0.3, 0.4) is 0 Å². The lowest BCUT2D eigenvalue weighted by molar-refractivity contribution is 0.0941. The average molecular weight is 461 g/mol. The van der Waals surface area contributed by atoms with Gasteiger partial charge in [0.1, 0.15) is 5.75 Å². The molecule has 0 aliphatic heterocycles. The first-order valence-corrected chi connectivity index (χ1v) is 11.9. The molecule has 0 aromatic heterocycles. The number of fused-ring (bicyclic) bond motifs is 1. The number of sulfonamides is 1. The van der Waals surface area contributed by atoms with Crippen molar-refractivity contribution in [3.8, 4) is 5.75 Å². The van der Waals surface area contributed by atoms with E-state index in [2.05, 4.69) is 10.0 Å². The molecule has 6 nitrogen and oxygen atoms in total. The van der Waals surface area contributed by atoms with Crippen LogP contribution in [0.5, 0.6) is 5.75 Å². The van der Waals surface area contributed by atoms with Crippen LogP contribution in [-0.4, -0.2) is 21.4 Å². The van der Waals surface area contributed by atoms with Crippen molar-refractivity contribution in [3.63, 3.8) is 0 Å². The molecule has 0 saturated carbocycles. The van der Waals surface area contributed by atoms with E-state index >= 15 is 0 Å². The van der Waals surface area contributed by atoms with Crippen LogP contribution in [-0.2, 0) is 10.0 Å². The summed E-state index contributed by atoms with van der Waals surface area (Å²) in [6.07, 6.45) is 0. The lowest BCUT2D eigenvalue weighted by Crippen LogP contribution is -2.28. The molecule has 0 aliphatic carbocycles. The Morgan fingerprint density at radius 3 is 2.27 bits per heavy atom. The minimum absolute atomic E-state index is 0.105. The predicted molar refractivity (Wildman–Crippen MR) is 130 cm³/mol. The van der Waals surface area contributed by atoms with E-state index in [4.69, 9.17) is 4.74 Å². The summed E-state index contributed by atoms with van der Waals surface area (Å²) in [6, 6.07) is 26.2. The van der Waals surface area contributed by atoms with Gasteiger partial charge in [-0.05, 0) is 59.7 Å². The van der Waals surface area contributed by atoms with Gasteiger partial charge in [-0.3, -0.25) is 9.52 Å². The molecule has 0 spiro atoms. The maximum atomic E-state index is 13.1. The minimum Gasteiger partial charge on any atom is -0.497 e. The predicted octanol–water partition coefficient (Wildman–Crippen LogP) is 5.14. The molecule has 4 rings (SSSR count). The fraction of sp³-hybridized carbons (Fsp3) is 0.115. The number of methoxy groups -OCH3 is 1. The molecule has 33 heavy (non-hydrogen) atoms. The highest BCUT2D eigenvalue weighted by Gasteiger charge is 2.20. The molecule has 4 aromatic rings. The van der Waals surface area contributed by atoms with Gasteiger partial charge in [-0.2, -0.15) is 0 Å². The topological polar surface area (TPSA) is 84.5 Å². The molecule has 0 saturated heterocycles. The Balaban J connectivity index is 1.59. The van der Waals surface area contributed by atoms with Gasteiger partial charge in [-0.1, -0.05) is 54.6 Å². The normalized spacial score (nSPS) is 12.2. The fourth-order valence-corrected chi connectivity index (χ4v) is 4.68. The molecular formula is C26H24N2O4S. The molecule has 0 radical (unpaired) electrons. The summed E-state index contributed by atoms with van der Waals surface area (Å²) in [5, 5.41) is 4.56. The largest absolute Gasteiger partial charge is 0.497 e. The Kier molecular flexibility index (Phi) is 6.33. The Morgan fingerprint density at radius 1 is 0.848 bits per heavy atom. The van der Waals surface area contributed by atoms with E-state index in [1.54, 1.807) is 55.6 Å². The summed E-state index contributed by atoms with van der Waals surface area (Å²) in [6.45, 7) is 1.88. The fourth-order valence-electron chi connectivity index (χ4n) is 3.57. The van der Waals surface area contributed by atoms with Crippen molar-refractivity contribution in [2.45, 2.75) is 17.9 Å². The zero-order chi connectivity index (χ0) is 23.4. The van der Waals surface area contributed by atoms with Crippen molar-refractivity contribution in [2.75, 3.05) is 11.8 Å². The molecule has 0 fully saturated rings. The number of para-hydroxylation sites is 1. The number of nitrogens with one attached hydrogen (secondary N) is 2. The van der Waals surface area contributed by atoms with E-state index in [-0.39, 0.29) is 28.1 Å². The van der Waals surface area contributed by atoms with Crippen molar-refractivity contribution in [1.82, 2.24) is 5.32 Å². The lowest BCUT2D eigenvalue weighted by Gasteiger charge is -2.17. The number of rotatable bonds is 7. The van der Waals surface area contributed by atoms with Gasteiger partial charge in [-0.15, -0.1) is 0 Å². The van der Waals surface area contributed by atoms with E-state index in [9.17, 15) is 13.2 Å². The Labute approximate surface area is 193 Å². The third-order valence-corrected chi connectivity index (χ3v) is 6.76. The highest BCUT2D eigenvalue weighted by Crippen LogP contribution is 2.26. The summed E-state index contributed by atoms with van der Waals surface area (Å²) in [4.78, 5) is 13.1. The van der Waals surface area contributed by atoms with Gasteiger partial charge >= 0.3 is 0 Å². The van der Waals surface area contributed by atoms with E-state index < -0.39 is 10.0 Å². The van der Waals surface area contributed by atoms with Gasteiger partial charge in [0.2, 0.25) is 0 Å². The Bertz CT molecular complexity index is 1400. The molecule has 0 heterocycles. The minimum atomic E-state index is -3.92. The van der Waals surface area contributed by atoms with Gasteiger partial charge in [0.15, 0.2) is 0 Å². The maximum absolute atomic E-state index is 13.1. The average Bonchev–Trinajstić information content (AvgIpc) is 2.83. The monoisotopic (exact) mass is 460 g/mol. The number of carbonyl (C=O) groups is 1. The third kappa shape index (κ3) is 4.99. The number of hydrogen-bond acceptors (Lipinski definition) is 4. The van der Waals surface area contributed by atoms with Gasteiger partial charge in [0.25, 0.3) is 15.9 Å². The molecule has 7 heteroatoms. The molecule has 168 valence electrons. The SMILES string of the molecule is COc1ccc2cc(S(=O)(=O)Nc3ccccc3C(=O)NC(C)c3ccccc3)ccc2c1. The van der Waals surface area contributed by atoms with Crippen molar-refractivity contribution >= 4 is 32.4 Å². The van der Waals surface area contributed by atoms with Gasteiger partial charge < -0.3 is 10.1 Å². The first-order chi connectivity index (χ1) is 15.9. The van der Waals surface area contributed by atoms with Crippen molar-refractivity contribution in [2.24, 2.45) is 0 Å². The summed E-state index contributed by atoms with van der Waals surface area (Å²) >= 11 is 0. The smallest absolute Gasteiger partial charge is 0.261 e. The lowest BCUT2D eigenvalue weighted by atomic mass is 10.1. The molecule has 0 bridgehead atoms. The summed E-state index contributed by atoms with van der Waals surface area (Å²) in [5.74, 6) is 0.330. The highest BCUT2D eigenvalue weighted by atomic mass is 32.2. The van der Waals surface area contributed by atoms with E-state index in [0.717, 1.165) is 16.3 Å². The van der Waals surface area contributed by atoms with Crippen LogP contribution in [0, 0.1) is 0 Å². The molecule has 1 unspecified atom stereocenters. The maximum Gasteiger partial charge on any atom is 0.261 e. The number of benzene rings is 4. The van der Waals surface area contributed by atoms with Crippen LogP contribution in [0.4, 0.5) is 5.69 Å². The zero-order valence-electron chi connectivity index (χ0n) is 18.3. The van der Waals surface area contributed by atoms with Crippen LogP contribution in [0.25, 0.3) is 10.8 Å². The van der Waals surface area contributed by atoms with E-state index in [1.165, 1.54) is 6.07 Å². The highest BCUT2D eigenvalue weighted by molar-refractivity contribution is 7.92. The van der Waals surface area contributed by atoms with Gasteiger partial charge in [0, 0.05) is 0 Å². The van der Waals surface area contributed by atoms with Gasteiger partial charge in [-0.25, -0.2) is 8.42 Å². The van der Waals surface area contributed by atoms with Crippen LogP contribution < -0.4 is 14.8 Å². The van der Waals surface area contributed by atoms with E-state index in [0.29, 0.717) is 5.75 Å². The standard InChI is InChI=1S/C26H24N2O4S/c1-18(19-8-4-3-5-9-19)27-26(29)24-10-6-7-11-25(24)28-33(30,31)23-15-13-20-16-22(32-2)14-12-21(20)17-23/h3-18,28H,1-2H3,(H,27,29). The Hall–Kier alpha value is -3.84. The summed E-state index contributed by atoms with van der Waals surface area (Å²) < 4.78 is 34.0. The summed E-state index contributed by atoms with van der Waals surface area (Å²) in [7, 11) is -2.34. The second-order valence-electron chi connectivity index (χ2n) is 7.63. The second-order valence-corrected chi connectivity index (χ2v) is 9.31. The molecular weight excluding hydrogens is 436 g/mol. The number of anilines is 1. The molecule has 2 N–H and O–H groups in total. The first-order valence-electron chi connectivity index (χ1n) is 10.4. The van der Waals surface area contributed by atoms with Crippen LogP contribution in [0.1, 0.15) is 28.9 Å². The van der Waals surface area contributed by atoms with Crippen molar-refractivity contribution < 1.29 is 17.9 Å². The molecule has 4 aromatic carbocycles. The van der Waals surface area contributed by atoms with Crippen LogP contribution in [0.15, 0.2) is 95.9 Å². The molecule has 1 atom stereocenters. The van der Waals surface area contributed by atoms with Crippen molar-refractivity contribution in [3.05, 3.63) is 102 Å². The molecule has 1 amide bonds. The number of hydrogen-bond donors (Lipinski definition) is 2. The Morgan fingerprint density at radius 2 is 1.52 bits per heavy atom. The number of amides is 1. The zero-order valence-corrected chi connectivity index (χ0v) is 19.1. The third-order valence-electron chi connectivity index (χ3n) is 5.39. The molecule has 0 aliphatic rings. The number of ether oxygens (including phenoxy) is 1. The number of carbonyl (C=O) groups excluding carboxylic acids is 1. The summed E-state index contributed by atoms with van der Waals surface area (Å²) in [5.41, 5.74) is 1.41. The second kappa shape index (κ2) is 9.34. The quantitative estimate of drug-likeness (QED) is 0.400. The van der Waals surface area contributed by atoms with Crippen LogP contribution >= 0.6 is 0 Å². The van der Waals surface area contributed by atoms with E-state index in [1.807, 2.05) is 43.3 Å². The van der Waals surface area contributed by atoms with Crippen LogP contribution in [0.2, 0.25) is 0 Å². The van der Waals surface area contributed by atoms with Gasteiger partial charge in [0.05, 0.1) is 29.3 Å². The van der Waals surface area contributed by atoms with Crippen molar-refractivity contribution in [1.29, 1.82) is 0 Å².